The van der Waals surface area contributed by atoms with E-state index in [9.17, 15) is 14.0 Å². The summed E-state index contributed by atoms with van der Waals surface area (Å²) in [6.45, 7) is 1.11. The first-order valence-corrected chi connectivity index (χ1v) is 10.7. The van der Waals surface area contributed by atoms with Gasteiger partial charge in [-0.05, 0) is 43.2 Å². The lowest BCUT2D eigenvalue weighted by Gasteiger charge is -2.08. The number of fused-ring (bicyclic) bond motifs is 1. The molecule has 1 amide bonds. The van der Waals surface area contributed by atoms with E-state index in [0.717, 1.165) is 5.39 Å². The Morgan fingerprint density at radius 2 is 1.82 bits per heavy atom. The number of aromatic nitrogens is 4. The minimum Gasteiger partial charge on any atom is -0.368 e. The van der Waals surface area contributed by atoms with E-state index in [2.05, 4.69) is 31.0 Å². The lowest BCUT2D eigenvalue weighted by molar-refractivity contribution is -0.121. The average molecular weight is 450 g/mol. The van der Waals surface area contributed by atoms with E-state index in [4.69, 9.17) is 4.52 Å². The fourth-order valence-corrected chi connectivity index (χ4v) is 3.33. The van der Waals surface area contributed by atoms with Gasteiger partial charge in [-0.25, -0.2) is 9.49 Å². The molecule has 0 fully saturated rings. The number of rotatable bonds is 10. The number of carbonyl (C=O) groups excluding carboxylic acids is 1. The van der Waals surface area contributed by atoms with Crippen LogP contribution in [0.4, 0.5) is 10.2 Å². The number of nitrogens with one attached hydrogen (secondary N) is 3. The zero-order valence-corrected chi connectivity index (χ0v) is 17.8. The van der Waals surface area contributed by atoms with Crippen molar-refractivity contribution in [3.63, 3.8) is 0 Å². The van der Waals surface area contributed by atoms with Gasteiger partial charge in [0.25, 0.3) is 5.56 Å². The predicted octanol–water partition coefficient (Wildman–Crippen LogP) is 3.05. The summed E-state index contributed by atoms with van der Waals surface area (Å²) < 4.78 is 18.2. The molecular formula is C23H23FN6O3. The number of carbonyl (C=O) groups is 1. The van der Waals surface area contributed by atoms with Crippen LogP contribution in [0.5, 0.6) is 0 Å². The van der Waals surface area contributed by atoms with Crippen molar-refractivity contribution < 1.29 is 13.7 Å². The number of hydrogen-bond acceptors (Lipinski definition) is 7. The van der Waals surface area contributed by atoms with Crippen molar-refractivity contribution in [3.05, 3.63) is 70.6 Å². The van der Waals surface area contributed by atoms with Crippen LogP contribution in [0.1, 0.15) is 25.2 Å². The van der Waals surface area contributed by atoms with Gasteiger partial charge in [-0.3, -0.25) is 9.59 Å². The van der Waals surface area contributed by atoms with Crippen molar-refractivity contribution in [1.29, 1.82) is 0 Å². The molecule has 0 aliphatic carbocycles. The first kappa shape index (κ1) is 22.1. The Balaban J connectivity index is 1.14. The smallest absolute Gasteiger partial charge is 0.272 e. The number of benzene rings is 2. The van der Waals surface area contributed by atoms with Gasteiger partial charge in [0.2, 0.25) is 17.6 Å². The van der Waals surface area contributed by atoms with Gasteiger partial charge in [0, 0.05) is 36.9 Å². The second-order valence-corrected chi connectivity index (χ2v) is 7.45. The fraction of sp³-hybridized carbons (Fsp3) is 0.261. The molecule has 0 radical (unpaired) electrons. The molecule has 4 aromatic rings. The molecular weight excluding hydrogens is 427 g/mol. The van der Waals surface area contributed by atoms with Crippen molar-refractivity contribution in [1.82, 2.24) is 25.7 Å². The van der Waals surface area contributed by atoms with E-state index in [0.29, 0.717) is 67.3 Å². The summed E-state index contributed by atoms with van der Waals surface area (Å²) in [6, 6.07) is 13.1. The van der Waals surface area contributed by atoms with Crippen LogP contribution in [0.15, 0.2) is 57.8 Å². The molecule has 0 aliphatic heterocycles. The van der Waals surface area contributed by atoms with Gasteiger partial charge in [0.1, 0.15) is 5.82 Å². The molecule has 9 nitrogen and oxygen atoms in total. The maximum Gasteiger partial charge on any atom is 0.272 e. The zero-order chi connectivity index (χ0) is 23.0. The Hall–Kier alpha value is -4.08. The molecule has 0 saturated heterocycles. The predicted molar refractivity (Wildman–Crippen MR) is 121 cm³/mol. The van der Waals surface area contributed by atoms with E-state index in [1.165, 1.54) is 12.1 Å². The summed E-state index contributed by atoms with van der Waals surface area (Å²) in [5, 5.41) is 17.8. The quantitative estimate of drug-likeness (QED) is 0.317. The summed E-state index contributed by atoms with van der Waals surface area (Å²) in [5.41, 5.74) is 0.443. The molecule has 170 valence electrons. The summed E-state index contributed by atoms with van der Waals surface area (Å²) in [4.78, 5) is 28.2. The standard InChI is InChI=1S/C23H23FN6O3/c24-16-11-9-15(10-12-16)21-27-20(33-30-21)8-3-7-19(31)25-13-4-14-26-22-17-5-1-2-6-18(17)23(32)29-28-22/h1-2,5-6,9-12H,3-4,7-8,13-14H2,(H,25,31)(H,26,28)(H,29,32). The molecule has 0 spiro atoms. The van der Waals surface area contributed by atoms with Gasteiger partial charge in [-0.1, -0.05) is 23.4 Å². The highest BCUT2D eigenvalue weighted by Gasteiger charge is 2.10. The van der Waals surface area contributed by atoms with Crippen molar-refractivity contribution in [2.45, 2.75) is 25.7 Å². The lowest BCUT2D eigenvalue weighted by atomic mass is 10.2. The highest BCUT2D eigenvalue weighted by molar-refractivity contribution is 5.90. The Bertz CT molecular complexity index is 1290. The lowest BCUT2D eigenvalue weighted by Crippen LogP contribution is -2.25. The van der Waals surface area contributed by atoms with Crippen LogP contribution in [0.3, 0.4) is 0 Å². The van der Waals surface area contributed by atoms with Crippen LogP contribution < -0.4 is 16.2 Å². The van der Waals surface area contributed by atoms with E-state index in [-0.39, 0.29) is 17.3 Å². The number of nitrogens with zero attached hydrogens (tertiary/aromatic N) is 3. The maximum atomic E-state index is 13.0. The van der Waals surface area contributed by atoms with Gasteiger partial charge in [-0.15, -0.1) is 0 Å². The van der Waals surface area contributed by atoms with E-state index in [1.54, 1.807) is 24.3 Å². The second kappa shape index (κ2) is 10.5. The average Bonchev–Trinajstić information content (AvgIpc) is 3.30. The summed E-state index contributed by atoms with van der Waals surface area (Å²) in [7, 11) is 0. The summed E-state index contributed by atoms with van der Waals surface area (Å²) in [5.74, 6) is 1.06. The van der Waals surface area contributed by atoms with Crippen molar-refractivity contribution in [3.8, 4) is 11.4 Å². The van der Waals surface area contributed by atoms with Gasteiger partial charge in [0.05, 0.1) is 5.39 Å². The molecule has 0 atom stereocenters. The fourth-order valence-electron chi connectivity index (χ4n) is 3.33. The Morgan fingerprint density at radius 1 is 1.03 bits per heavy atom. The van der Waals surface area contributed by atoms with Crippen molar-refractivity contribution >= 4 is 22.5 Å². The molecule has 0 unspecified atom stereocenters. The van der Waals surface area contributed by atoms with Crippen LogP contribution >= 0.6 is 0 Å². The largest absolute Gasteiger partial charge is 0.368 e. The van der Waals surface area contributed by atoms with E-state index in [1.807, 2.05) is 12.1 Å². The highest BCUT2D eigenvalue weighted by Crippen LogP contribution is 2.17. The van der Waals surface area contributed by atoms with Crippen LogP contribution in [-0.2, 0) is 11.2 Å². The Morgan fingerprint density at radius 3 is 2.64 bits per heavy atom. The summed E-state index contributed by atoms with van der Waals surface area (Å²) >= 11 is 0. The first-order chi connectivity index (χ1) is 16.1. The molecule has 2 heterocycles. The number of aryl methyl sites for hydroxylation is 1. The summed E-state index contributed by atoms with van der Waals surface area (Å²) in [6.07, 6.45) is 2.09. The number of aromatic amines is 1. The number of anilines is 1. The number of halogens is 1. The molecule has 0 aliphatic rings. The Labute approximate surface area is 188 Å². The molecule has 33 heavy (non-hydrogen) atoms. The highest BCUT2D eigenvalue weighted by atomic mass is 19.1. The van der Waals surface area contributed by atoms with Gasteiger partial charge in [0.15, 0.2) is 5.82 Å². The van der Waals surface area contributed by atoms with E-state index >= 15 is 0 Å². The van der Waals surface area contributed by atoms with Crippen LogP contribution in [0, 0.1) is 5.82 Å². The number of hydrogen-bond donors (Lipinski definition) is 3. The molecule has 10 heteroatoms. The molecule has 3 N–H and O–H groups in total. The third kappa shape index (κ3) is 5.79. The van der Waals surface area contributed by atoms with Crippen molar-refractivity contribution in [2.75, 3.05) is 18.4 Å². The zero-order valence-electron chi connectivity index (χ0n) is 17.8. The molecule has 2 aromatic heterocycles. The van der Waals surface area contributed by atoms with Gasteiger partial charge >= 0.3 is 0 Å². The SMILES string of the molecule is O=C(CCCc1nc(-c2ccc(F)cc2)no1)NCCCNc1n[nH]c(=O)c2ccccc12. The third-order valence-corrected chi connectivity index (χ3v) is 5.03. The minimum absolute atomic E-state index is 0.0547. The van der Waals surface area contributed by atoms with Crippen LogP contribution in [-0.4, -0.2) is 39.3 Å². The minimum atomic E-state index is -0.328. The second-order valence-electron chi connectivity index (χ2n) is 7.45. The molecule has 4 rings (SSSR count). The number of H-pyrrole nitrogens is 1. The molecule has 0 saturated carbocycles. The first-order valence-electron chi connectivity index (χ1n) is 10.7. The van der Waals surface area contributed by atoms with Crippen molar-refractivity contribution in [2.24, 2.45) is 0 Å². The van der Waals surface area contributed by atoms with Gasteiger partial charge < -0.3 is 15.2 Å². The third-order valence-electron chi connectivity index (χ3n) is 5.03. The van der Waals surface area contributed by atoms with Crippen LogP contribution in [0.2, 0.25) is 0 Å². The monoisotopic (exact) mass is 450 g/mol. The van der Waals surface area contributed by atoms with E-state index < -0.39 is 0 Å². The molecule has 0 bridgehead atoms. The van der Waals surface area contributed by atoms with Gasteiger partial charge in [-0.2, -0.15) is 10.1 Å². The normalized spacial score (nSPS) is 10.9. The maximum absolute atomic E-state index is 13.0. The molecule has 2 aromatic carbocycles. The Kier molecular flexibility index (Phi) is 7.03. The topological polar surface area (TPSA) is 126 Å². The van der Waals surface area contributed by atoms with Crippen LogP contribution in [0.25, 0.3) is 22.2 Å². The number of amides is 1.